The summed E-state index contributed by atoms with van der Waals surface area (Å²) in [5.74, 6) is 0.591. The summed E-state index contributed by atoms with van der Waals surface area (Å²) in [5, 5.41) is 7.84. The number of hydrogen-bond donors (Lipinski definition) is 1. The first kappa shape index (κ1) is 19.6. The van der Waals surface area contributed by atoms with E-state index in [1.165, 1.54) is 0 Å². The quantitative estimate of drug-likeness (QED) is 0.510. The minimum Gasteiger partial charge on any atom is -0.311 e. The number of nitrogens with zero attached hydrogens (tertiary/aromatic N) is 3. The van der Waals surface area contributed by atoms with Crippen LogP contribution in [0.15, 0.2) is 79.0 Å². The van der Waals surface area contributed by atoms with E-state index in [1.807, 2.05) is 66.2 Å². The van der Waals surface area contributed by atoms with E-state index >= 15 is 0 Å². The first-order valence-corrected chi connectivity index (χ1v) is 9.97. The number of rotatable bonds is 6. The van der Waals surface area contributed by atoms with Gasteiger partial charge >= 0.3 is 0 Å². The van der Waals surface area contributed by atoms with Crippen LogP contribution in [0.25, 0.3) is 11.3 Å². The van der Waals surface area contributed by atoms with Gasteiger partial charge in [-0.1, -0.05) is 60.7 Å². The number of amides is 1. The number of pyridine rings is 1. The van der Waals surface area contributed by atoms with E-state index in [9.17, 15) is 4.79 Å². The Morgan fingerprint density at radius 3 is 2.43 bits per heavy atom. The van der Waals surface area contributed by atoms with Crippen molar-refractivity contribution in [3.8, 4) is 11.3 Å². The molecule has 0 saturated carbocycles. The molecule has 2 aromatic heterocycles. The summed E-state index contributed by atoms with van der Waals surface area (Å²) in [6.45, 7) is 4.57. The summed E-state index contributed by atoms with van der Waals surface area (Å²) in [6, 6.07) is 24.0. The van der Waals surface area contributed by atoms with Gasteiger partial charge in [0.05, 0.1) is 18.7 Å². The lowest BCUT2D eigenvalue weighted by Gasteiger charge is -2.09. The van der Waals surface area contributed by atoms with Crippen molar-refractivity contribution in [3.05, 3.63) is 101 Å². The van der Waals surface area contributed by atoms with Crippen molar-refractivity contribution < 1.29 is 4.79 Å². The molecule has 5 heteroatoms. The molecule has 0 fully saturated rings. The third-order valence-corrected chi connectivity index (χ3v) is 4.98. The Labute approximate surface area is 176 Å². The van der Waals surface area contributed by atoms with E-state index in [4.69, 9.17) is 5.10 Å². The molecule has 0 saturated heterocycles. The zero-order chi connectivity index (χ0) is 20.9. The third kappa shape index (κ3) is 4.63. The first-order valence-electron chi connectivity index (χ1n) is 9.97. The van der Waals surface area contributed by atoms with Gasteiger partial charge < -0.3 is 5.32 Å². The van der Waals surface area contributed by atoms with Crippen molar-refractivity contribution in [2.75, 3.05) is 5.32 Å². The van der Waals surface area contributed by atoms with Gasteiger partial charge in [0.1, 0.15) is 5.82 Å². The van der Waals surface area contributed by atoms with Gasteiger partial charge in [-0.3, -0.25) is 9.78 Å². The molecule has 4 aromatic rings. The summed E-state index contributed by atoms with van der Waals surface area (Å²) in [4.78, 5) is 17.0. The maximum Gasteiger partial charge on any atom is 0.229 e. The maximum absolute atomic E-state index is 12.7. The highest BCUT2D eigenvalue weighted by Gasteiger charge is 2.14. The highest BCUT2D eigenvalue weighted by Crippen LogP contribution is 2.25. The highest BCUT2D eigenvalue weighted by atomic mass is 16.1. The second-order valence-electron chi connectivity index (χ2n) is 7.41. The van der Waals surface area contributed by atoms with Crippen molar-refractivity contribution in [3.63, 3.8) is 0 Å². The molecule has 150 valence electrons. The molecule has 0 aliphatic carbocycles. The number of nitrogens with one attached hydrogen (secondary N) is 1. The van der Waals surface area contributed by atoms with Crippen LogP contribution in [0.1, 0.15) is 22.4 Å². The molecule has 2 aromatic carbocycles. The first-order chi connectivity index (χ1) is 14.6. The van der Waals surface area contributed by atoms with E-state index in [0.29, 0.717) is 12.4 Å². The fraction of sp³-hybridized carbons (Fsp3) is 0.160. The predicted octanol–water partition coefficient (Wildman–Crippen LogP) is 4.79. The van der Waals surface area contributed by atoms with E-state index < -0.39 is 0 Å². The van der Waals surface area contributed by atoms with Gasteiger partial charge in [-0.25, -0.2) is 4.68 Å². The van der Waals surface area contributed by atoms with Gasteiger partial charge in [-0.15, -0.1) is 0 Å². The molecule has 2 heterocycles. The van der Waals surface area contributed by atoms with Crippen LogP contribution in [0, 0.1) is 13.8 Å². The topological polar surface area (TPSA) is 59.8 Å². The average Bonchev–Trinajstić information content (AvgIpc) is 3.12. The Bertz CT molecular complexity index is 1150. The van der Waals surface area contributed by atoms with Crippen LogP contribution < -0.4 is 5.32 Å². The lowest BCUT2D eigenvalue weighted by Crippen LogP contribution is -2.18. The second-order valence-corrected chi connectivity index (χ2v) is 7.41. The van der Waals surface area contributed by atoms with Gasteiger partial charge in [0.25, 0.3) is 0 Å². The normalized spacial score (nSPS) is 10.7. The van der Waals surface area contributed by atoms with Crippen molar-refractivity contribution in [1.29, 1.82) is 0 Å². The fourth-order valence-corrected chi connectivity index (χ4v) is 3.36. The summed E-state index contributed by atoms with van der Waals surface area (Å²) >= 11 is 0. The number of anilines is 1. The molecule has 1 amide bonds. The van der Waals surface area contributed by atoms with Crippen molar-refractivity contribution in [2.45, 2.75) is 26.8 Å². The van der Waals surface area contributed by atoms with Crippen molar-refractivity contribution >= 4 is 11.7 Å². The van der Waals surface area contributed by atoms with Crippen LogP contribution in [0.3, 0.4) is 0 Å². The smallest absolute Gasteiger partial charge is 0.229 e. The minimum atomic E-state index is -0.0915. The molecule has 5 nitrogen and oxygen atoms in total. The Morgan fingerprint density at radius 2 is 1.70 bits per heavy atom. The van der Waals surface area contributed by atoms with E-state index in [2.05, 4.69) is 35.4 Å². The SMILES string of the molecule is Cc1ccc(CC(=O)Nc2cc(-c3ccccc3C)nn2Cc2ccccc2)cn1. The lowest BCUT2D eigenvalue weighted by atomic mass is 10.1. The summed E-state index contributed by atoms with van der Waals surface area (Å²) in [5.41, 5.74) is 5.98. The largest absolute Gasteiger partial charge is 0.311 e. The van der Waals surface area contributed by atoms with Gasteiger partial charge in [0.2, 0.25) is 5.91 Å². The monoisotopic (exact) mass is 396 g/mol. The Kier molecular flexibility index (Phi) is 5.70. The van der Waals surface area contributed by atoms with Crippen molar-refractivity contribution in [1.82, 2.24) is 14.8 Å². The summed E-state index contributed by atoms with van der Waals surface area (Å²) in [6.07, 6.45) is 2.01. The zero-order valence-electron chi connectivity index (χ0n) is 17.2. The standard InChI is InChI=1S/C25H24N4O/c1-18-8-6-7-11-22(18)23-15-24(29(28-23)17-20-9-4-3-5-10-20)27-25(30)14-21-13-12-19(2)26-16-21/h3-13,15-16H,14,17H2,1-2H3,(H,27,30). The molecule has 0 spiro atoms. The molecule has 30 heavy (non-hydrogen) atoms. The summed E-state index contributed by atoms with van der Waals surface area (Å²) in [7, 11) is 0. The van der Waals surface area contributed by atoms with E-state index in [0.717, 1.165) is 33.6 Å². The van der Waals surface area contributed by atoms with Crippen molar-refractivity contribution in [2.24, 2.45) is 0 Å². The number of carbonyl (C=O) groups excluding carboxylic acids is 1. The van der Waals surface area contributed by atoms with E-state index in [1.54, 1.807) is 6.20 Å². The van der Waals surface area contributed by atoms with Gasteiger partial charge in [-0.05, 0) is 36.6 Å². The molecule has 0 aliphatic rings. The number of carbonyl (C=O) groups is 1. The van der Waals surface area contributed by atoms with Crippen LogP contribution >= 0.6 is 0 Å². The van der Waals surface area contributed by atoms with Crippen LogP contribution in [0.2, 0.25) is 0 Å². The Morgan fingerprint density at radius 1 is 0.933 bits per heavy atom. The molecule has 0 atom stereocenters. The van der Waals surface area contributed by atoms with E-state index in [-0.39, 0.29) is 12.3 Å². The minimum absolute atomic E-state index is 0.0915. The lowest BCUT2D eigenvalue weighted by molar-refractivity contribution is -0.115. The average molecular weight is 396 g/mol. The number of aryl methyl sites for hydroxylation is 2. The highest BCUT2D eigenvalue weighted by molar-refractivity contribution is 5.92. The maximum atomic E-state index is 12.7. The van der Waals surface area contributed by atoms with Gasteiger partial charge in [0, 0.05) is 23.5 Å². The second kappa shape index (κ2) is 8.74. The van der Waals surface area contributed by atoms with Crippen LogP contribution in [0.4, 0.5) is 5.82 Å². The molecule has 0 bridgehead atoms. The molecular weight excluding hydrogens is 372 g/mol. The Hall–Kier alpha value is -3.73. The fourth-order valence-electron chi connectivity index (χ4n) is 3.36. The molecule has 0 unspecified atom stereocenters. The molecule has 4 rings (SSSR count). The van der Waals surface area contributed by atoms with Gasteiger partial charge in [0.15, 0.2) is 0 Å². The predicted molar refractivity (Wildman–Crippen MR) is 119 cm³/mol. The molecule has 1 N–H and O–H groups in total. The number of hydrogen-bond acceptors (Lipinski definition) is 3. The number of aromatic nitrogens is 3. The summed E-state index contributed by atoms with van der Waals surface area (Å²) < 4.78 is 1.85. The number of benzene rings is 2. The van der Waals surface area contributed by atoms with Gasteiger partial charge in [-0.2, -0.15) is 5.10 Å². The Balaban J connectivity index is 1.61. The third-order valence-electron chi connectivity index (χ3n) is 4.98. The van der Waals surface area contributed by atoms with Crippen LogP contribution in [-0.4, -0.2) is 20.7 Å². The molecule has 0 radical (unpaired) electrons. The molecule has 0 aliphatic heterocycles. The van der Waals surface area contributed by atoms with Crippen LogP contribution in [-0.2, 0) is 17.8 Å². The molecular formula is C25H24N4O. The zero-order valence-corrected chi connectivity index (χ0v) is 17.2. The van der Waals surface area contributed by atoms with Crippen LogP contribution in [0.5, 0.6) is 0 Å².